The predicted octanol–water partition coefficient (Wildman–Crippen LogP) is 17.4. The number of amides is 1. The summed E-state index contributed by atoms with van der Waals surface area (Å²) in [6, 6.07) is 25.0. The van der Waals surface area contributed by atoms with Crippen LogP contribution in [0, 0.1) is 11.3 Å². The molecule has 0 saturated heterocycles. The quantitative estimate of drug-likeness (QED) is 0.0197. The van der Waals surface area contributed by atoms with Gasteiger partial charge in [0.25, 0.3) is 5.56 Å². The van der Waals surface area contributed by atoms with Crippen LogP contribution in [0.2, 0.25) is 5.15 Å². The number of aryl methyl sites for hydroxylation is 4. The number of nitrogens with two attached hydrogens (primary N) is 3. The summed E-state index contributed by atoms with van der Waals surface area (Å²) in [5, 5.41) is 15.1. The number of H-pyrrole nitrogens is 1. The largest absolute Gasteiger partial charge is 0.372 e. The van der Waals surface area contributed by atoms with Gasteiger partial charge in [-0.05, 0) is 108 Å². The zero-order valence-corrected chi connectivity index (χ0v) is 59.7. The first-order valence-electron chi connectivity index (χ1n) is 27.7. The number of para-hydroxylation sites is 4. The van der Waals surface area contributed by atoms with Gasteiger partial charge in [-0.15, -0.1) is 45.3 Å². The summed E-state index contributed by atoms with van der Waals surface area (Å²) in [4.78, 5) is 81.9. The third-order valence-corrected chi connectivity index (χ3v) is 15.4. The zero-order valence-electron chi connectivity index (χ0n) is 51.0. The standard InChI is InChI=1S/C16H17N3OS.C9H13NO2S.C8H7ClN2S.C8H8N2OS.C8H11NO.C5H7NO2.C4H8O.CH3NO.Cl5P/c1-3-11-9-12-15(17-10-18-16(12)21-11)19-13-7-5-6-8-14(13)20-4-2;1-3-6-5-7(8(10)13-6)9(11)12-4-2;1-2-5-3-6-7(9)10-4-11-8(6)12-5;1-2-5-3-6-7(11)9-4-10-8(6)12-5;1-2-10-8-6-4-3-5-7(8)9;1-2-8-5(7)3-4-6;1-2-3-4-5;2-1-3;1-6(2,3,4)5/h5-10H,3-4H2,1-2H3,(H,17,18,19);5H,3-4,10H2,1-2H3;3-4H,2H2,1H3;3-4H,2H2,1H3,(H,9,10,11);3-6H,2,9H2,1H3;2-3H2,1H3;4H,2-3H2,1H3;1H,(H2,2,3);. The van der Waals surface area contributed by atoms with Gasteiger partial charge in [0.15, 0.2) is 0 Å². The molecule has 0 unspecified atom stereocenters. The minimum absolute atomic E-state index is 0.0454. The van der Waals surface area contributed by atoms with Gasteiger partial charge in [0.1, 0.15) is 67.3 Å². The molecule has 9 rings (SSSR count). The molecule has 2 aromatic carbocycles. The van der Waals surface area contributed by atoms with Crippen molar-refractivity contribution in [3.05, 3.63) is 132 Å². The van der Waals surface area contributed by atoms with Crippen molar-refractivity contribution >= 4 is 194 Å². The molecule has 0 bridgehead atoms. The number of primary amides is 1. The molecule has 7 aromatic heterocycles. The number of fused-ring (bicyclic) bond motifs is 3. The van der Waals surface area contributed by atoms with Gasteiger partial charge in [-0.2, -0.15) is 5.26 Å². The molecule has 0 fully saturated rings. The number of nitrogens with one attached hydrogen (secondary N) is 2. The van der Waals surface area contributed by atoms with Gasteiger partial charge >= 0.3 is 71.5 Å². The fourth-order valence-corrected chi connectivity index (χ4v) is 10.4. The maximum atomic E-state index is 11.3. The van der Waals surface area contributed by atoms with E-state index in [0.717, 1.165) is 91.5 Å². The summed E-state index contributed by atoms with van der Waals surface area (Å²) in [6.45, 7) is 19.8. The van der Waals surface area contributed by atoms with E-state index in [0.29, 0.717) is 59.6 Å². The molecule has 9 aromatic rings. The number of aromatic nitrogens is 6. The molecule has 490 valence electrons. The van der Waals surface area contributed by atoms with Crippen LogP contribution in [0.3, 0.4) is 0 Å². The number of ether oxygens (including phenoxy) is 4. The van der Waals surface area contributed by atoms with E-state index in [9.17, 15) is 19.2 Å². The molecule has 0 aliphatic carbocycles. The number of hydrogen-bond donors (Lipinski definition) is 5. The van der Waals surface area contributed by atoms with Crippen molar-refractivity contribution in [3.8, 4) is 17.6 Å². The third kappa shape index (κ3) is 33.2. The Morgan fingerprint density at radius 1 is 0.656 bits per heavy atom. The Morgan fingerprint density at radius 2 is 1.13 bits per heavy atom. The number of nitrogens with zero attached hydrogens (tertiary/aromatic N) is 6. The molecule has 0 saturated carbocycles. The van der Waals surface area contributed by atoms with Gasteiger partial charge in [-0.1, -0.05) is 70.5 Å². The molecule has 8 N–H and O–H groups in total. The van der Waals surface area contributed by atoms with E-state index in [1.54, 1.807) is 66.3 Å². The Morgan fingerprint density at radius 3 is 1.60 bits per heavy atom. The van der Waals surface area contributed by atoms with E-state index >= 15 is 0 Å². The average molecular weight is 1450 g/mol. The van der Waals surface area contributed by atoms with Crippen molar-refractivity contribution < 1.29 is 38.1 Å². The van der Waals surface area contributed by atoms with Crippen molar-refractivity contribution in [2.75, 3.05) is 43.2 Å². The summed E-state index contributed by atoms with van der Waals surface area (Å²) in [7, 11) is 0. The first-order valence-corrected chi connectivity index (χ1v) is 38.1. The van der Waals surface area contributed by atoms with Crippen LogP contribution in [0.25, 0.3) is 30.6 Å². The summed E-state index contributed by atoms with van der Waals surface area (Å²) in [5.41, 5.74) is 17.5. The van der Waals surface area contributed by atoms with Crippen LogP contribution < -0.4 is 37.6 Å². The van der Waals surface area contributed by atoms with Crippen LogP contribution >= 0.6 is 117 Å². The Labute approximate surface area is 568 Å². The molecule has 0 spiro atoms. The van der Waals surface area contributed by atoms with E-state index in [1.165, 1.54) is 38.6 Å². The number of nitrogen functional groups attached to an aromatic ring is 2. The molecule has 7 heterocycles. The van der Waals surface area contributed by atoms with Crippen molar-refractivity contribution in [1.82, 2.24) is 29.9 Å². The molecule has 1 amide bonds. The smallest absolute Gasteiger partial charge is 0.204 e. The second-order valence-electron chi connectivity index (χ2n) is 16.9. The molecule has 0 radical (unpaired) electrons. The average Bonchev–Trinajstić information content (AvgIpc) is 2.86. The minimum atomic E-state index is -3.69. The van der Waals surface area contributed by atoms with Crippen molar-refractivity contribution in [3.63, 3.8) is 0 Å². The fraction of sp³-hybridized carbons (Fsp3) is 0.339. The number of carbonyl (C=O) groups excluding carboxylic acids is 4. The molecule has 31 heteroatoms. The summed E-state index contributed by atoms with van der Waals surface area (Å²) in [5.74, 6) is 1.65. The number of thiophene rings is 4. The number of rotatable bonds is 16. The van der Waals surface area contributed by atoms with Gasteiger partial charge in [0.2, 0.25) is 6.41 Å². The van der Waals surface area contributed by atoms with E-state index in [4.69, 9.17) is 104 Å². The Kier molecular flexibility index (Phi) is 41.0. The zero-order chi connectivity index (χ0) is 67.7. The van der Waals surface area contributed by atoms with Crippen LogP contribution in [0.1, 0.15) is 111 Å². The van der Waals surface area contributed by atoms with Crippen molar-refractivity contribution in [2.45, 2.75) is 107 Å². The number of carbonyl (C=O) groups is 4. The second-order valence-corrected chi connectivity index (χ2v) is 38.4. The van der Waals surface area contributed by atoms with E-state index < -0.39 is 9.34 Å². The van der Waals surface area contributed by atoms with Crippen molar-refractivity contribution in [2.24, 2.45) is 5.73 Å². The molecule has 0 aliphatic rings. The van der Waals surface area contributed by atoms with E-state index in [1.807, 2.05) is 82.3 Å². The molecular weight excluding hydrogens is 1380 g/mol. The molecule has 0 atom stereocenters. The maximum absolute atomic E-state index is 11.3. The Hall–Kier alpha value is -6.20. The number of hydrogen-bond acceptors (Lipinski definition) is 22. The van der Waals surface area contributed by atoms with Crippen LogP contribution in [0.4, 0.5) is 22.2 Å². The summed E-state index contributed by atoms with van der Waals surface area (Å²) < 4.78 is 16.4. The molecule has 90 heavy (non-hydrogen) atoms. The number of unbranched alkanes of at least 4 members (excludes halogenated alkanes) is 1. The number of halogens is 6. The number of anilines is 4. The number of aldehydes is 1. The number of aromatic amines is 1. The Bertz CT molecular complexity index is 3670. The van der Waals surface area contributed by atoms with Crippen LogP contribution in [0.15, 0.2) is 96.6 Å². The summed E-state index contributed by atoms with van der Waals surface area (Å²) in [6.07, 6.45) is 11.2. The first kappa shape index (κ1) is 81.8. The topological polar surface area (TPSA) is 316 Å². The van der Waals surface area contributed by atoms with Gasteiger partial charge in [-0.3, -0.25) is 14.4 Å². The minimum Gasteiger partial charge on any atom is -0.372 e. The fourth-order valence-electron chi connectivity index (χ4n) is 6.46. The number of nitriles is 1. The van der Waals surface area contributed by atoms with Gasteiger partial charge < -0.3 is 51.2 Å². The SMILES string of the molecule is CCCC=O.CCOC(=O)CC#N.CCOC(=O)c1cc(CC)sc1N.CCOc1ccccc1N.CCOc1ccccc1Nc1ncnc2sc(CC)cc12.CCc1cc2c(=O)[nH]cnc2s1.CCc1cc2c(Cl)ncnc2s1.ClP(Cl)(Cl)(Cl)Cl.NC=O. The van der Waals surface area contributed by atoms with Crippen LogP contribution in [0.5, 0.6) is 11.5 Å². The Balaban J connectivity index is 0.000000529. The number of benzene rings is 2. The van der Waals surface area contributed by atoms with Gasteiger partial charge in [0, 0.05) is 31.3 Å². The maximum Gasteiger partial charge on any atom is 0.204 e. The van der Waals surface area contributed by atoms with Gasteiger partial charge in [0.05, 0.1) is 66.5 Å². The molecular formula is C59H74Cl6N11O9PS4. The second kappa shape index (κ2) is 45.1. The molecule has 0 aliphatic heterocycles. The number of esters is 2. The van der Waals surface area contributed by atoms with Gasteiger partial charge in [-0.25, -0.2) is 29.7 Å². The van der Waals surface area contributed by atoms with E-state index in [-0.39, 0.29) is 24.4 Å². The first-order chi connectivity index (χ1) is 42.8. The van der Waals surface area contributed by atoms with Crippen LogP contribution in [-0.4, -0.2) is 81.0 Å². The summed E-state index contributed by atoms with van der Waals surface area (Å²) >= 11 is 37.2. The normalized spacial score (nSPS) is 10.4. The third-order valence-electron chi connectivity index (χ3n) is 10.4. The van der Waals surface area contributed by atoms with Crippen molar-refractivity contribution in [1.29, 1.82) is 5.26 Å². The molecule has 20 nitrogen and oxygen atoms in total. The predicted molar refractivity (Wildman–Crippen MR) is 379 cm³/mol. The van der Waals surface area contributed by atoms with Crippen LogP contribution in [-0.2, 0) is 49.5 Å². The van der Waals surface area contributed by atoms with E-state index in [2.05, 4.69) is 78.6 Å². The monoisotopic (exact) mass is 1450 g/mol.